The molecule has 21 heavy (non-hydrogen) atoms. The van der Waals surface area contributed by atoms with Crippen LogP contribution in [0, 0.1) is 6.92 Å². The van der Waals surface area contributed by atoms with Gasteiger partial charge in [0.25, 0.3) is 0 Å². The average molecular weight is 287 g/mol. The van der Waals surface area contributed by atoms with Gasteiger partial charge in [-0.1, -0.05) is 13.3 Å². The van der Waals surface area contributed by atoms with Gasteiger partial charge in [0.1, 0.15) is 11.6 Å². The van der Waals surface area contributed by atoms with Gasteiger partial charge in [-0.05, 0) is 26.3 Å². The molecule has 1 saturated heterocycles. The Morgan fingerprint density at radius 1 is 1.29 bits per heavy atom. The Kier molecular flexibility index (Phi) is 4.39. The molecule has 5 heteroatoms. The van der Waals surface area contributed by atoms with Crippen molar-refractivity contribution in [1.82, 2.24) is 24.8 Å². The molecule has 2 aromatic heterocycles. The van der Waals surface area contributed by atoms with E-state index in [4.69, 9.17) is 0 Å². The van der Waals surface area contributed by atoms with Gasteiger partial charge in [-0.25, -0.2) is 9.97 Å². The van der Waals surface area contributed by atoms with Gasteiger partial charge in [0.15, 0.2) is 0 Å². The standard InChI is InChI=1S/C16H25N5/c1-3-4-5-15-17-9-14(20-15)11-21-7-6-13(10-21)16-18-8-12(2)19-16/h8-9,13H,3-7,10-11H2,1-2H3,(H,17,20)(H,18,19)/t13-/m1/s1. The van der Waals surface area contributed by atoms with Crippen molar-refractivity contribution in [3.8, 4) is 0 Å². The molecule has 5 nitrogen and oxygen atoms in total. The first-order valence-electron chi connectivity index (χ1n) is 8.01. The summed E-state index contributed by atoms with van der Waals surface area (Å²) in [6.07, 6.45) is 8.58. The number of H-pyrrole nitrogens is 2. The van der Waals surface area contributed by atoms with Crippen LogP contribution in [0.4, 0.5) is 0 Å². The van der Waals surface area contributed by atoms with Gasteiger partial charge in [0, 0.05) is 49.2 Å². The normalized spacial score (nSPS) is 19.4. The average Bonchev–Trinajstić information content (AvgIpc) is 3.18. The van der Waals surface area contributed by atoms with Crippen molar-refractivity contribution in [2.24, 2.45) is 0 Å². The zero-order valence-electron chi connectivity index (χ0n) is 13.0. The lowest BCUT2D eigenvalue weighted by Gasteiger charge is -2.14. The van der Waals surface area contributed by atoms with E-state index in [1.807, 2.05) is 12.4 Å². The van der Waals surface area contributed by atoms with E-state index in [1.54, 1.807) is 0 Å². The largest absolute Gasteiger partial charge is 0.346 e. The molecule has 3 rings (SSSR count). The predicted molar refractivity (Wildman–Crippen MR) is 83.2 cm³/mol. The molecule has 114 valence electrons. The monoisotopic (exact) mass is 287 g/mol. The Bertz CT molecular complexity index is 571. The summed E-state index contributed by atoms with van der Waals surface area (Å²) in [6, 6.07) is 0. The van der Waals surface area contributed by atoms with Crippen LogP contribution in [0.5, 0.6) is 0 Å². The highest BCUT2D eigenvalue weighted by Gasteiger charge is 2.26. The third-order valence-corrected chi connectivity index (χ3v) is 4.22. The molecule has 2 aromatic rings. The second-order valence-electron chi connectivity index (χ2n) is 6.13. The van der Waals surface area contributed by atoms with E-state index < -0.39 is 0 Å². The Morgan fingerprint density at radius 2 is 2.19 bits per heavy atom. The number of nitrogens with one attached hydrogen (secondary N) is 2. The SMILES string of the molecule is CCCCc1ncc(CN2CC[C@@H](c3ncc(C)[nH]3)C2)[nH]1. The predicted octanol–water partition coefficient (Wildman–Crippen LogP) is 2.77. The van der Waals surface area contributed by atoms with Gasteiger partial charge in [0.2, 0.25) is 0 Å². The molecule has 1 aliphatic rings. The number of hydrogen-bond donors (Lipinski definition) is 2. The fourth-order valence-electron chi connectivity index (χ4n) is 3.04. The van der Waals surface area contributed by atoms with Gasteiger partial charge >= 0.3 is 0 Å². The molecular weight excluding hydrogens is 262 g/mol. The Balaban J connectivity index is 1.53. The van der Waals surface area contributed by atoms with Crippen LogP contribution in [0.3, 0.4) is 0 Å². The first kappa shape index (κ1) is 14.3. The number of aryl methyl sites for hydroxylation is 2. The first-order chi connectivity index (χ1) is 10.2. The van der Waals surface area contributed by atoms with Crippen LogP contribution in [-0.2, 0) is 13.0 Å². The lowest BCUT2D eigenvalue weighted by Crippen LogP contribution is -2.20. The van der Waals surface area contributed by atoms with E-state index in [0.29, 0.717) is 5.92 Å². The third-order valence-electron chi connectivity index (χ3n) is 4.22. The van der Waals surface area contributed by atoms with Crippen LogP contribution in [0.2, 0.25) is 0 Å². The molecule has 0 radical (unpaired) electrons. The number of nitrogens with zero attached hydrogens (tertiary/aromatic N) is 3. The molecule has 1 fully saturated rings. The topological polar surface area (TPSA) is 60.6 Å². The molecule has 1 aliphatic heterocycles. The molecule has 0 bridgehead atoms. The minimum Gasteiger partial charge on any atom is -0.346 e. The van der Waals surface area contributed by atoms with Crippen LogP contribution < -0.4 is 0 Å². The Morgan fingerprint density at radius 3 is 2.95 bits per heavy atom. The lowest BCUT2D eigenvalue weighted by atomic mass is 10.1. The second kappa shape index (κ2) is 6.43. The molecule has 1 atom stereocenters. The third kappa shape index (κ3) is 3.53. The molecule has 0 saturated carbocycles. The number of rotatable bonds is 6. The molecule has 0 amide bonds. The van der Waals surface area contributed by atoms with Gasteiger partial charge in [-0.15, -0.1) is 0 Å². The first-order valence-corrected chi connectivity index (χ1v) is 8.01. The maximum Gasteiger partial charge on any atom is 0.110 e. The minimum absolute atomic E-state index is 0.543. The summed E-state index contributed by atoms with van der Waals surface area (Å²) in [6.45, 7) is 7.45. The summed E-state index contributed by atoms with van der Waals surface area (Å²) in [5.74, 6) is 2.81. The van der Waals surface area contributed by atoms with Gasteiger partial charge in [0.05, 0.1) is 0 Å². The highest BCUT2D eigenvalue weighted by atomic mass is 15.2. The van der Waals surface area contributed by atoms with Crippen molar-refractivity contribution in [1.29, 1.82) is 0 Å². The van der Waals surface area contributed by atoms with Crippen LogP contribution in [-0.4, -0.2) is 37.9 Å². The van der Waals surface area contributed by atoms with Crippen molar-refractivity contribution in [2.75, 3.05) is 13.1 Å². The Hall–Kier alpha value is -1.62. The highest BCUT2D eigenvalue weighted by molar-refractivity contribution is 5.08. The summed E-state index contributed by atoms with van der Waals surface area (Å²) < 4.78 is 0. The smallest absolute Gasteiger partial charge is 0.110 e. The molecule has 3 heterocycles. The Labute approximate surface area is 126 Å². The minimum atomic E-state index is 0.543. The fraction of sp³-hybridized carbons (Fsp3) is 0.625. The molecule has 0 spiro atoms. The maximum atomic E-state index is 4.48. The van der Waals surface area contributed by atoms with E-state index >= 15 is 0 Å². The van der Waals surface area contributed by atoms with Gasteiger partial charge in [-0.2, -0.15) is 0 Å². The van der Waals surface area contributed by atoms with Crippen molar-refractivity contribution in [2.45, 2.75) is 52.0 Å². The molecular formula is C16H25N5. The van der Waals surface area contributed by atoms with Crippen LogP contribution in [0.15, 0.2) is 12.4 Å². The summed E-state index contributed by atoms with van der Waals surface area (Å²) >= 11 is 0. The van der Waals surface area contributed by atoms with E-state index in [-0.39, 0.29) is 0 Å². The summed E-state index contributed by atoms with van der Waals surface area (Å²) in [4.78, 5) is 18.3. The van der Waals surface area contributed by atoms with E-state index in [0.717, 1.165) is 43.4 Å². The molecule has 0 aliphatic carbocycles. The van der Waals surface area contributed by atoms with Crippen molar-refractivity contribution >= 4 is 0 Å². The number of unbranched alkanes of at least 4 members (excludes halogenated alkanes) is 1. The molecule has 2 N–H and O–H groups in total. The lowest BCUT2D eigenvalue weighted by molar-refractivity contribution is 0.322. The van der Waals surface area contributed by atoms with Crippen molar-refractivity contribution in [3.05, 3.63) is 35.4 Å². The van der Waals surface area contributed by atoms with Gasteiger partial charge in [-0.3, -0.25) is 4.90 Å². The molecule has 0 aromatic carbocycles. The van der Waals surface area contributed by atoms with E-state index in [1.165, 1.54) is 25.0 Å². The van der Waals surface area contributed by atoms with Crippen molar-refractivity contribution < 1.29 is 0 Å². The number of hydrogen-bond acceptors (Lipinski definition) is 3. The zero-order chi connectivity index (χ0) is 14.7. The van der Waals surface area contributed by atoms with Crippen LogP contribution >= 0.6 is 0 Å². The van der Waals surface area contributed by atoms with Crippen molar-refractivity contribution in [3.63, 3.8) is 0 Å². The number of likely N-dealkylation sites (tertiary alicyclic amines) is 1. The second-order valence-corrected chi connectivity index (χ2v) is 6.13. The summed E-state index contributed by atoms with van der Waals surface area (Å²) in [7, 11) is 0. The summed E-state index contributed by atoms with van der Waals surface area (Å²) in [5, 5.41) is 0. The highest BCUT2D eigenvalue weighted by Crippen LogP contribution is 2.25. The number of aromatic nitrogens is 4. The maximum absolute atomic E-state index is 4.48. The molecule has 0 unspecified atom stereocenters. The summed E-state index contributed by atoms with van der Waals surface area (Å²) in [5.41, 5.74) is 2.38. The van der Waals surface area contributed by atoms with Crippen LogP contribution in [0.25, 0.3) is 0 Å². The quantitative estimate of drug-likeness (QED) is 0.859. The van der Waals surface area contributed by atoms with E-state index in [2.05, 4.69) is 38.7 Å². The number of imidazole rings is 2. The fourth-order valence-corrected chi connectivity index (χ4v) is 3.04. The van der Waals surface area contributed by atoms with Crippen LogP contribution in [0.1, 0.15) is 55.1 Å². The number of aromatic amines is 2. The van der Waals surface area contributed by atoms with Gasteiger partial charge < -0.3 is 9.97 Å². The zero-order valence-corrected chi connectivity index (χ0v) is 13.0. The van der Waals surface area contributed by atoms with E-state index in [9.17, 15) is 0 Å².